The number of guanidine groups is 1. The lowest BCUT2D eigenvalue weighted by Crippen LogP contribution is -2.22. The zero-order chi connectivity index (χ0) is 14.4. The number of hydrogen-bond acceptors (Lipinski definition) is 2. The van der Waals surface area contributed by atoms with Gasteiger partial charge in [-0.2, -0.15) is 0 Å². The number of ether oxygens (including phenoxy) is 1. The van der Waals surface area contributed by atoms with Crippen LogP contribution in [0.4, 0.5) is 5.69 Å². The first-order valence-corrected chi connectivity index (χ1v) is 6.93. The number of nitrogens with two attached hydrogens (primary N) is 1. The lowest BCUT2D eigenvalue weighted by molar-refractivity contribution is 0.415. The van der Waals surface area contributed by atoms with Gasteiger partial charge in [0.05, 0.1) is 13.7 Å². The molecule has 0 bridgehead atoms. The Balaban J connectivity index is 0.00000220. The molecule has 0 fully saturated rings. The summed E-state index contributed by atoms with van der Waals surface area (Å²) in [6, 6.07) is 15.4. The quantitative estimate of drug-likeness (QED) is 0.411. The molecule has 0 aromatic heterocycles. The lowest BCUT2D eigenvalue weighted by atomic mass is 10.2. The maximum Gasteiger partial charge on any atom is 0.193 e. The summed E-state index contributed by atoms with van der Waals surface area (Å²) in [5.74, 6) is 1.19. The van der Waals surface area contributed by atoms with Crippen molar-refractivity contribution in [3.05, 3.63) is 58.6 Å². The first-order valence-electron chi connectivity index (χ1n) is 6.13. The SMILES string of the molecule is COc1ccc(NC(N)=NCc2ccccc2Br)cc1.I. The van der Waals surface area contributed by atoms with Crippen molar-refractivity contribution in [2.24, 2.45) is 10.7 Å². The molecule has 0 atom stereocenters. The van der Waals surface area contributed by atoms with Gasteiger partial charge < -0.3 is 15.8 Å². The summed E-state index contributed by atoms with van der Waals surface area (Å²) < 4.78 is 6.13. The third-order valence-electron chi connectivity index (χ3n) is 2.74. The monoisotopic (exact) mass is 461 g/mol. The Morgan fingerprint density at radius 2 is 1.86 bits per heavy atom. The van der Waals surface area contributed by atoms with E-state index in [4.69, 9.17) is 10.5 Å². The lowest BCUT2D eigenvalue weighted by Gasteiger charge is -2.07. The molecule has 0 aliphatic heterocycles. The van der Waals surface area contributed by atoms with Gasteiger partial charge in [0.1, 0.15) is 5.75 Å². The average Bonchev–Trinajstić information content (AvgIpc) is 2.47. The normalized spacial score (nSPS) is 10.7. The number of halogens is 2. The average molecular weight is 462 g/mol. The summed E-state index contributed by atoms with van der Waals surface area (Å²) in [6.07, 6.45) is 0. The number of nitrogens with one attached hydrogen (secondary N) is 1. The van der Waals surface area contributed by atoms with Crippen molar-refractivity contribution in [3.63, 3.8) is 0 Å². The summed E-state index contributed by atoms with van der Waals surface area (Å²) >= 11 is 3.48. The summed E-state index contributed by atoms with van der Waals surface area (Å²) in [5.41, 5.74) is 7.83. The number of rotatable bonds is 4. The molecule has 2 aromatic carbocycles. The number of aliphatic imine (C=N–C) groups is 1. The molecule has 0 saturated heterocycles. The predicted octanol–water partition coefficient (Wildman–Crippen LogP) is 4.00. The highest BCUT2D eigenvalue weighted by Gasteiger charge is 1.99. The molecular formula is C15H17BrIN3O. The van der Waals surface area contributed by atoms with Crippen LogP contribution in [0.5, 0.6) is 5.75 Å². The van der Waals surface area contributed by atoms with Crippen molar-refractivity contribution in [2.45, 2.75) is 6.54 Å². The van der Waals surface area contributed by atoms with E-state index in [-0.39, 0.29) is 24.0 Å². The molecule has 0 aliphatic rings. The Kier molecular flexibility index (Phi) is 7.52. The second kappa shape index (κ2) is 8.89. The second-order valence-electron chi connectivity index (χ2n) is 4.15. The number of hydrogen-bond donors (Lipinski definition) is 2. The first-order chi connectivity index (χ1) is 9.69. The van der Waals surface area contributed by atoms with Gasteiger partial charge in [-0.05, 0) is 35.9 Å². The van der Waals surface area contributed by atoms with Crippen LogP contribution in [0.3, 0.4) is 0 Å². The van der Waals surface area contributed by atoms with Crippen LogP contribution in [0.2, 0.25) is 0 Å². The number of methoxy groups -OCH3 is 1. The van der Waals surface area contributed by atoms with Gasteiger partial charge in [0.2, 0.25) is 0 Å². The Bertz CT molecular complexity index is 602. The Labute approximate surface area is 149 Å². The van der Waals surface area contributed by atoms with E-state index in [1.54, 1.807) is 7.11 Å². The Morgan fingerprint density at radius 3 is 2.48 bits per heavy atom. The van der Waals surface area contributed by atoms with Gasteiger partial charge in [-0.25, -0.2) is 4.99 Å². The highest BCUT2D eigenvalue weighted by atomic mass is 127. The summed E-state index contributed by atoms with van der Waals surface area (Å²) in [5, 5.41) is 3.04. The predicted molar refractivity (Wildman–Crippen MR) is 102 cm³/mol. The van der Waals surface area contributed by atoms with Crippen LogP contribution in [0.15, 0.2) is 58.0 Å². The van der Waals surface area contributed by atoms with E-state index in [2.05, 4.69) is 26.2 Å². The van der Waals surface area contributed by atoms with E-state index in [0.29, 0.717) is 12.5 Å². The van der Waals surface area contributed by atoms with E-state index < -0.39 is 0 Å². The molecule has 6 heteroatoms. The van der Waals surface area contributed by atoms with Crippen LogP contribution >= 0.6 is 39.9 Å². The standard InChI is InChI=1S/C15H16BrN3O.HI/c1-20-13-8-6-12(7-9-13)19-15(17)18-10-11-4-2-3-5-14(11)16;/h2-9H,10H2,1H3,(H3,17,18,19);1H. The minimum Gasteiger partial charge on any atom is -0.497 e. The molecule has 2 aromatic rings. The Morgan fingerprint density at radius 1 is 1.19 bits per heavy atom. The molecule has 0 aliphatic carbocycles. The fourth-order valence-electron chi connectivity index (χ4n) is 1.66. The maximum atomic E-state index is 5.87. The van der Waals surface area contributed by atoms with E-state index in [1.807, 2.05) is 48.5 Å². The maximum absolute atomic E-state index is 5.87. The van der Waals surface area contributed by atoms with Crippen molar-refractivity contribution in [2.75, 3.05) is 12.4 Å². The largest absolute Gasteiger partial charge is 0.497 e. The minimum atomic E-state index is 0. The summed E-state index contributed by atoms with van der Waals surface area (Å²) in [6.45, 7) is 0.524. The third kappa shape index (κ3) is 5.55. The van der Waals surface area contributed by atoms with E-state index >= 15 is 0 Å². The topological polar surface area (TPSA) is 59.6 Å². The van der Waals surface area contributed by atoms with Gasteiger partial charge in [-0.15, -0.1) is 24.0 Å². The van der Waals surface area contributed by atoms with E-state index in [1.165, 1.54) is 0 Å². The molecule has 0 amide bonds. The van der Waals surface area contributed by atoms with Gasteiger partial charge in [0.25, 0.3) is 0 Å². The van der Waals surface area contributed by atoms with Crippen molar-refractivity contribution in [1.82, 2.24) is 0 Å². The zero-order valence-electron chi connectivity index (χ0n) is 11.5. The first kappa shape index (κ1) is 17.8. The highest BCUT2D eigenvalue weighted by molar-refractivity contribution is 14.0. The van der Waals surface area contributed by atoms with Crippen LogP contribution in [-0.4, -0.2) is 13.1 Å². The molecule has 0 heterocycles. The van der Waals surface area contributed by atoms with Crippen LogP contribution in [0.25, 0.3) is 0 Å². The smallest absolute Gasteiger partial charge is 0.193 e. The van der Waals surface area contributed by atoms with Crippen molar-refractivity contribution < 1.29 is 4.74 Å². The van der Waals surface area contributed by atoms with Crippen LogP contribution in [0.1, 0.15) is 5.56 Å². The number of nitrogens with zero attached hydrogens (tertiary/aromatic N) is 1. The highest BCUT2D eigenvalue weighted by Crippen LogP contribution is 2.17. The Hall–Kier alpha value is -1.28. The molecule has 21 heavy (non-hydrogen) atoms. The van der Waals surface area contributed by atoms with Gasteiger partial charge in [0.15, 0.2) is 5.96 Å². The van der Waals surface area contributed by atoms with Gasteiger partial charge >= 0.3 is 0 Å². The van der Waals surface area contributed by atoms with Gasteiger partial charge in [-0.3, -0.25) is 0 Å². The third-order valence-corrected chi connectivity index (χ3v) is 3.51. The van der Waals surface area contributed by atoms with Crippen LogP contribution < -0.4 is 15.8 Å². The van der Waals surface area contributed by atoms with Gasteiger partial charge in [0, 0.05) is 10.2 Å². The minimum absolute atomic E-state index is 0. The fourth-order valence-corrected chi connectivity index (χ4v) is 2.07. The molecule has 4 nitrogen and oxygen atoms in total. The number of benzene rings is 2. The fraction of sp³-hybridized carbons (Fsp3) is 0.133. The molecule has 0 unspecified atom stereocenters. The van der Waals surface area contributed by atoms with Crippen LogP contribution in [-0.2, 0) is 6.54 Å². The molecule has 3 N–H and O–H groups in total. The van der Waals surface area contributed by atoms with Crippen molar-refractivity contribution in [3.8, 4) is 5.75 Å². The van der Waals surface area contributed by atoms with Crippen LogP contribution in [0, 0.1) is 0 Å². The molecule has 0 spiro atoms. The van der Waals surface area contributed by atoms with Gasteiger partial charge in [-0.1, -0.05) is 34.1 Å². The summed E-state index contributed by atoms with van der Waals surface area (Å²) in [7, 11) is 1.63. The van der Waals surface area contributed by atoms with E-state index in [9.17, 15) is 0 Å². The zero-order valence-corrected chi connectivity index (χ0v) is 15.5. The van der Waals surface area contributed by atoms with Crippen molar-refractivity contribution in [1.29, 1.82) is 0 Å². The molecular weight excluding hydrogens is 445 g/mol. The molecule has 0 radical (unpaired) electrons. The summed E-state index contributed by atoms with van der Waals surface area (Å²) in [4.78, 5) is 4.32. The molecule has 0 saturated carbocycles. The molecule has 2 rings (SSSR count). The second-order valence-corrected chi connectivity index (χ2v) is 5.00. The molecule has 112 valence electrons. The van der Waals surface area contributed by atoms with E-state index in [0.717, 1.165) is 21.5 Å². The number of anilines is 1. The van der Waals surface area contributed by atoms with Crippen molar-refractivity contribution >= 4 is 51.6 Å².